The van der Waals surface area contributed by atoms with Gasteiger partial charge in [0.1, 0.15) is 5.76 Å². The van der Waals surface area contributed by atoms with Crippen molar-refractivity contribution in [1.29, 1.82) is 0 Å². The molecular formula is C22H26N4O3. The summed E-state index contributed by atoms with van der Waals surface area (Å²) in [7, 11) is 0. The third kappa shape index (κ3) is 4.50. The van der Waals surface area contributed by atoms with Crippen LogP contribution in [-0.4, -0.2) is 35.6 Å². The Bertz CT molecular complexity index is 958. The van der Waals surface area contributed by atoms with Gasteiger partial charge in [-0.1, -0.05) is 19.1 Å². The number of fused-ring (bicyclic) bond motifs is 1. The number of anilines is 1. The maximum atomic E-state index is 12.7. The van der Waals surface area contributed by atoms with E-state index in [1.807, 2.05) is 36.4 Å². The van der Waals surface area contributed by atoms with Crippen molar-refractivity contribution in [2.24, 2.45) is 5.92 Å². The molecule has 0 spiro atoms. The molecule has 0 unspecified atom stereocenters. The first-order valence-electron chi connectivity index (χ1n) is 10.2. The number of hydrogen-bond donors (Lipinski definition) is 1. The van der Waals surface area contributed by atoms with Gasteiger partial charge in [-0.05, 0) is 43.5 Å². The fourth-order valence-electron chi connectivity index (χ4n) is 3.59. The van der Waals surface area contributed by atoms with Crippen LogP contribution in [0.4, 0.5) is 5.82 Å². The Kier molecular flexibility index (Phi) is 5.93. The average molecular weight is 394 g/mol. The molecule has 3 heterocycles. The molecule has 0 radical (unpaired) electrons. The van der Waals surface area contributed by atoms with E-state index in [-0.39, 0.29) is 11.8 Å². The molecule has 1 fully saturated rings. The molecule has 0 saturated carbocycles. The molecule has 3 aromatic rings. The Hall–Kier alpha value is -3.09. The molecule has 1 saturated heterocycles. The zero-order valence-electron chi connectivity index (χ0n) is 16.6. The van der Waals surface area contributed by atoms with Crippen molar-refractivity contribution in [3.05, 3.63) is 48.4 Å². The Labute approximate surface area is 170 Å². The lowest BCUT2D eigenvalue weighted by Gasteiger charge is -2.33. The summed E-state index contributed by atoms with van der Waals surface area (Å²) in [6, 6.07) is 11.5. The van der Waals surface area contributed by atoms with Crippen LogP contribution < -0.4 is 15.0 Å². The van der Waals surface area contributed by atoms with E-state index in [2.05, 4.69) is 22.1 Å². The smallest absolute Gasteiger partial charge is 0.258 e. The third-order valence-electron chi connectivity index (χ3n) is 5.07. The number of carbonyl (C=O) groups excluding carboxylic acids is 1. The molecule has 1 N–H and O–H groups in total. The van der Waals surface area contributed by atoms with Gasteiger partial charge in [0.2, 0.25) is 5.91 Å². The zero-order chi connectivity index (χ0) is 20.1. The van der Waals surface area contributed by atoms with E-state index >= 15 is 0 Å². The number of ether oxygens (including phenoxy) is 1. The predicted molar refractivity (Wildman–Crippen MR) is 111 cm³/mol. The molecule has 29 heavy (non-hydrogen) atoms. The van der Waals surface area contributed by atoms with Crippen molar-refractivity contribution in [3.8, 4) is 5.88 Å². The van der Waals surface area contributed by atoms with E-state index in [1.165, 1.54) is 0 Å². The minimum atomic E-state index is -0.106. The van der Waals surface area contributed by atoms with Gasteiger partial charge in [-0.15, -0.1) is 0 Å². The number of nitrogens with zero attached hydrogens (tertiary/aromatic N) is 3. The van der Waals surface area contributed by atoms with Crippen molar-refractivity contribution in [3.63, 3.8) is 0 Å². The SMILES string of the molecule is CCCOc1nc2ccccc2nc1N1CCC[C@H](C(=O)NCc2ccco2)C1. The molecule has 1 amide bonds. The van der Waals surface area contributed by atoms with Crippen LogP contribution in [0.15, 0.2) is 47.1 Å². The number of carbonyl (C=O) groups is 1. The summed E-state index contributed by atoms with van der Waals surface area (Å²) in [6.07, 6.45) is 4.28. The van der Waals surface area contributed by atoms with Gasteiger partial charge >= 0.3 is 0 Å². The van der Waals surface area contributed by atoms with Crippen molar-refractivity contribution in [1.82, 2.24) is 15.3 Å². The Morgan fingerprint density at radius 1 is 1.24 bits per heavy atom. The minimum Gasteiger partial charge on any atom is -0.475 e. The first-order chi connectivity index (χ1) is 14.2. The molecule has 1 atom stereocenters. The predicted octanol–water partition coefficient (Wildman–Crippen LogP) is 3.54. The van der Waals surface area contributed by atoms with Crippen molar-refractivity contribution in [2.45, 2.75) is 32.7 Å². The zero-order valence-corrected chi connectivity index (χ0v) is 16.6. The van der Waals surface area contributed by atoms with E-state index in [0.717, 1.165) is 48.4 Å². The summed E-state index contributed by atoms with van der Waals surface area (Å²) in [4.78, 5) is 24.3. The van der Waals surface area contributed by atoms with E-state index in [1.54, 1.807) is 6.26 Å². The molecule has 7 heteroatoms. The number of piperidine rings is 1. The van der Waals surface area contributed by atoms with Gasteiger partial charge in [-0.2, -0.15) is 0 Å². The lowest BCUT2D eigenvalue weighted by Crippen LogP contribution is -2.43. The maximum absolute atomic E-state index is 12.7. The lowest BCUT2D eigenvalue weighted by atomic mass is 9.97. The van der Waals surface area contributed by atoms with Gasteiger partial charge < -0.3 is 19.4 Å². The molecule has 0 bridgehead atoms. The summed E-state index contributed by atoms with van der Waals surface area (Å²) in [6.45, 7) is 4.48. The summed E-state index contributed by atoms with van der Waals surface area (Å²) >= 11 is 0. The highest BCUT2D eigenvalue weighted by atomic mass is 16.5. The highest BCUT2D eigenvalue weighted by Gasteiger charge is 2.29. The van der Waals surface area contributed by atoms with Crippen LogP contribution in [-0.2, 0) is 11.3 Å². The molecule has 1 aliphatic heterocycles. The Balaban J connectivity index is 1.52. The van der Waals surface area contributed by atoms with Gasteiger partial charge in [-0.25, -0.2) is 9.97 Å². The molecule has 7 nitrogen and oxygen atoms in total. The largest absolute Gasteiger partial charge is 0.475 e. The van der Waals surface area contributed by atoms with E-state index in [4.69, 9.17) is 14.1 Å². The van der Waals surface area contributed by atoms with Crippen LogP contribution in [0.3, 0.4) is 0 Å². The normalized spacial score (nSPS) is 16.7. The summed E-state index contributed by atoms with van der Waals surface area (Å²) in [5.74, 6) is 1.95. The van der Waals surface area contributed by atoms with Crippen molar-refractivity contribution in [2.75, 3.05) is 24.6 Å². The monoisotopic (exact) mass is 394 g/mol. The standard InChI is InChI=1S/C22H26N4O3/c1-2-12-29-22-20(24-18-9-3-4-10-19(18)25-22)26-11-5-7-16(15-26)21(27)23-14-17-8-6-13-28-17/h3-4,6,8-10,13,16H,2,5,7,11-12,14-15H2,1H3,(H,23,27)/t16-/m0/s1. The van der Waals surface area contributed by atoms with Crippen LogP contribution in [0.2, 0.25) is 0 Å². The van der Waals surface area contributed by atoms with Gasteiger partial charge in [0.15, 0.2) is 5.82 Å². The molecule has 2 aromatic heterocycles. The first-order valence-corrected chi connectivity index (χ1v) is 10.2. The van der Waals surface area contributed by atoms with Gasteiger partial charge in [0.05, 0.1) is 36.4 Å². The van der Waals surface area contributed by atoms with Crippen LogP contribution in [0.25, 0.3) is 11.0 Å². The summed E-state index contributed by atoms with van der Waals surface area (Å²) in [5.41, 5.74) is 1.64. The average Bonchev–Trinajstić information content (AvgIpc) is 3.29. The van der Waals surface area contributed by atoms with Crippen LogP contribution in [0.1, 0.15) is 31.9 Å². The van der Waals surface area contributed by atoms with E-state index in [0.29, 0.717) is 25.6 Å². The number of benzene rings is 1. The van der Waals surface area contributed by atoms with Gasteiger partial charge in [-0.3, -0.25) is 4.79 Å². The maximum Gasteiger partial charge on any atom is 0.258 e. The molecule has 1 aliphatic rings. The quantitative estimate of drug-likeness (QED) is 0.660. The molecule has 152 valence electrons. The Morgan fingerprint density at radius 2 is 2.07 bits per heavy atom. The van der Waals surface area contributed by atoms with Crippen molar-refractivity contribution < 1.29 is 13.9 Å². The fraction of sp³-hybridized carbons (Fsp3) is 0.409. The van der Waals surface area contributed by atoms with Crippen LogP contribution in [0, 0.1) is 5.92 Å². The van der Waals surface area contributed by atoms with Gasteiger partial charge in [0.25, 0.3) is 5.88 Å². The summed E-state index contributed by atoms with van der Waals surface area (Å²) in [5, 5.41) is 2.98. The number of nitrogens with one attached hydrogen (secondary N) is 1. The number of hydrogen-bond acceptors (Lipinski definition) is 6. The first kappa shape index (κ1) is 19.2. The number of furan rings is 1. The lowest BCUT2D eigenvalue weighted by molar-refractivity contribution is -0.125. The molecular weight excluding hydrogens is 368 g/mol. The molecule has 0 aliphatic carbocycles. The second kappa shape index (κ2) is 8.94. The van der Waals surface area contributed by atoms with E-state index < -0.39 is 0 Å². The van der Waals surface area contributed by atoms with Gasteiger partial charge in [0, 0.05) is 13.1 Å². The number of amides is 1. The topological polar surface area (TPSA) is 80.5 Å². The van der Waals surface area contributed by atoms with E-state index in [9.17, 15) is 4.79 Å². The van der Waals surface area contributed by atoms with Crippen LogP contribution in [0.5, 0.6) is 5.88 Å². The second-order valence-corrected chi connectivity index (χ2v) is 7.27. The Morgan fingerprint density at radius 3 is 2.83 bits per heavy atom. The van der Waals surface area contributed by atoms with Crippen LogP contribution >= 0.6 is 0 Å². The third-order valence-corrected chi connectivity index (χ3v) is 5.07. The molecule has 1 aromatic carbocycles. The minimum absolute atomic E-state index is 0.0378. The number of para-hydroxylation sites is 2. The summed E-state index contributed by atoms with van der Waals surface area (Å²) < 4.78 is 11.2. The second-order valence-electron chi connectivity index (χ2n) is 7.27. The highest BCUT2D eigenvalue weighted by molar-refractivity contribution is 5.80. The fourth-order valence-corrected chi connectivity index (χ4v) is 3.59. The highest BCUT2D eigenvalue weighted by Crippen LogP contribution is 2.30. The number of aromatic nitrogens is 2. The van der Waals surface area contributed by atoms with Crippen molar-refractivity contribution >= 4 is 22.8 Å². The number of rotatable bonds is 7. The molecule has 4 rings (SSSR count).